The molecule has 1 heterocycles. The molecule has 0 aliphatic carbocycles. The molecule has 1 unspecified atom stereocenters. The molecule has 0 saturated carbocycles. The number of benzene rings is 1. The molecule has 4 nitrogen and oxygen atoms in total. The summed E-state index contributed by atoms with van der Waals surface area (Å²) in [7, 11) is -3.92. The van der Waals surface area contributed by atoms with Crippen LogP contribution in [0.1, 0.15) is 18.1 Å². The third kappa shape index (κ3) is 3.38. The van der Waals surface area contributed by atoms with Crippen LogP contribution in [0.25, 0.3) is 0 Å². The molecule has 0 aromatic heterocycles. The summed E-state index contributed by atoms with van der Waals surface area (Å²) in [6.45, 7) is 4.32. The highest BCUT2D eigenvalue weighted by atomic mass is 32.2. The molecule has 0 amide bonds. The Balaban J connectivity index is 2.44. The predicted octanol–water partition coefficient (Wildman–Crippen LogP) is 2.00. The van der Waals surface area contributed by atoms with Gasteiger partial charge in [0.05, 0.1) is 10.5 Å². The number of sulfonamides is 1. The molecule has 1 N–H and O–H groups in total. The Morgan fingerprint density at radius 3 is 2.57 bits per heavy atom. The maximum atomic E-state index is 12.8. The standard InChI is InChI=1S/C13H17F3N2O2S/c1-9-3-4-11(13(14,15)16)7-12(9)21(19,20)18-6-5-17-10(2)8-18/h3-4,7,10,17H,5-6,8H2,1-2H3. The van der Waals surface area contributed by atoms with Gasteiger partial charge in [0.2, 0.25) is 10.0 Å². The highest BCUT2D eigenvalue weighted by molar-refractivity contribution is 7.89. The van der Waals surface area contributed by atoms with Gasteiger partial charge in [-0.05, 0) is 31.5 Å². The molecule has 1 atom stereocenters. The normalized spacial score (nSPS) is 21.5. The van der Waals surface area contributed by atoms with E-state index in [1.54, 1.807) is 0 Å². The Kier molecular flexibility index (Phi) is 4.32. The Morgan fingerprint density at radius 1 is 1.33 bits per heavy atom. The Morgan fingerprint density at radius 2 is 2.00 bits per heavy atom. The first-order valence-electron chi connectivity index (χ1n) is 6.54. The van der Waals surface area contributed by atoms with Crippen molar-refractivity contribution in [2.75, 3.05) is 19.6 Å². The fourth-order valence-electron chi connectivity index (χ4n) is 2.31. The lowest BCUT2D eigenvalue weighted by Gasteiger charge is -2.31. The number of nitrogens with one attached hydrogen (secondary N) is 1. The number of halogens is 3. The Labute approximate surface area is 122 Å². The third-order valence-corrected chi connectivity index (χ3v) is 5.47. The van der Waals surface area contributed by atoms with Gasteiger partial charge < -0.3 is 5.32 Å². The molecule has 1 saturated heterocycles. The van der Waals surface area contributed by atoms with Crippen LogP contribution >= 0.6 is 0 Å². The molecule has 0 spiro atoms. The highest BCUT2D eigenvalue weighted by Gasteiger charge is 2.34. The summed E-state index contributed by atoms with van der Waals surface area (Å²) in [6, 6.07) is 2.78. The van der Waals surface area contributed by atoms with Crippen molar-refractivity contribution in [3.63, 3.8) is 0 Å². The van der Waals surface area contributed by atoms with Gasteiger partial charge in [0, 0.05) is 25.7 Å². The number of rotatable bonds is 2. The van der Waals surface area contributed by atoms with Gasteiger partial charge in [0.1, 0.15) is 0 Å². The average molecular weight is 322 g/mol. The first-order valence-corrected chi connectivity index (χ1v) is 7.98. The van der Waals surface area contributed by atoms with E-state index in [1.165, 1.54) is 17.3 Å². The molecule has 118 valence electrons. The first kappa shape index (κ1) is 16.3. The largest absolute Gasteiger partial charge is 0.416 e. The monoisotopic (exact) mass is 322 g/mol. The minimum absolute atomic E-state index is 0.0281. The third-order valence-electron chi connectivity index (χ3n) is 3.46. The van der Waals surface area contributed by atoms with Crippen LogP contribution in [0.4, 0.5) is 13.2 Å². The van der Waals surface area contributed by atoms with Gasteiger partial charge in [-0.15, -0.1) is 0 Å². The van der Waals surface area contributed by atoms with Crippen molar-refractivity contribution in [3.05, 3.63) is 29.3 Å². The van der Waals surface area contributed by atoms with Crippen molar-refractivity contribution in [2.45, 2.75) is 31.0 Å². The molecule has 1 aromatic rings. The van der Waals surface area contributed by atoms with Crippen LogP contribution < -0.4 is 5.32 Å². The van der Waals surface area contributed by atoms with Gasteiger partial charge in [-0.3, -0.25) is 0 Å². The van der Waals surface area contributed by atoms with E-state index in [0.29, 0.717) is 12.1 Å². The molecular weight excluding hydrogens is 305 g/mol. The summed E-state index contributed by atoms with van der Waals surface area (Å²) in [4.78, 5) is -0.272. The second-order valence-electron chi connectivity index (χ2n) is 5.20. The van der Waals surface area contributed by atoms with Crippen molar-refractivity contribution in [1.29, 1.82) is 0 Å². The minimum atomic E-state index is -4.56. The van der Waals surface area contributed by atoms with Crippen LogP contribution in [-0.4, -0.2) is 38.4 Å². The molecular formula is C13H17F3N2O2S. The number of hydrogen-bond acceptors (Lipinski definition) is 3. The zero-order valence-electron chi connectivity index (χ0n) is 11.7. The maximum Gasteiger partial charge on any atom is 0.416 e. The van der Waals surface area contributed by atoms with E-state index in [9.17, 15) is 21.6 Å². The van der Waals surface area contributed by atoms with Crippen LogP contribution in [-0.2, 0) is 16.2 Å². The summed E-state index contributed by atoms with van der Waals surface area (Å²) in [5.74, 6) is 0. The van der Waals surface area contributed by atoms with E-state index in [-0.39, 0.29) is 24.0 Å². The topological polar surface area (TPSA) is 49.4 Å². The number of aryl methyl sites for hydroxylation is 1. The molecule has 1 aliphatic rings. The number of piperazine rings is 1. The van der Waals surface area contributed by atoms with Gasteiger partial charge in [-0.1, -0.05) is 6.07 Å². The van der Waals surface area contributed by atoms with E-state index in [1.807, 2.05) is 6.92 Å². The van der Waals surface area contributed by atoms with Crippen LogP contribution in [0.15, 0.2) is 23.1 Å². The summed E-state index contributed by atoms with van der Waals surface area (Å²) in [6.07, 6.45) is -4.56. The molecule has 1 fully saturated rings. The molecule has 0 bridgehead atoms. The predicted molar refractivity (Wildman–Crippen MR) is 72.4 cm³/mol. The Hall–Kier alpha value is -1.12. The Bertz CT molecular complexity index is 629. The second-order valence-corrected chi connectivity index (χ2v) is 7.10. The first-order chi connectivity index (χ1) is 9.62. The molecule has 2 rings (SSSR count). The minimum Gasteiger partial charge on any atom is -0.312 e. The van der Waals surface area contributed by atoms with Gasteiger partial charge in [0.15, 0.2) is 0 Å². The second kappa shape index (κ2) is 5.58. The zero-order chi connectivity index (χ0) is 15.8. The molecule has 8 heteroatoms. The fraction of sp³-hybridized carbons (Fsp3) is 0.538. The van der Waals surface area contributed by atoms with Crippen LogP contribution in [0, 0.1) is 6.92 Å². The van der Waals surface area contributed by atoms with Crippen molar-refractivity contribution in [2.24, 2.45) is 0 Å². The molecule has 0 radical (unpaired) electrons. The van der Waals surface area contributed by atoms with Crippen molar-refractivity contribution < 1.29 is 21.6 Å². The maximum absolute atomic E-state index is 12.8. The summed E-state index contributed by atoms with van der Waals surface area (Å²) >= 11 is 0. The average Bonchev–Trinajstić information content (AvgIpc) is 2.37. The van der Waals surface area contributed by atoms with Gasteiger partial charge >= 0.3 is 6.18 Å². The van der Waals surface area contributed by atoms with Crippen molar-refractivity contribution >= 4 is 10.0 Å². The van der Waals surface area contributed by atoms with Crippen molar-refractivity contribution in [3.8, 4) is 0 Å². The lowest BCUT2D eigenvalue weighted by atomic mass is 10.1. The SMILES string of the molecule is Cc1ccc(C(F)(F)F)cc1S(=O)(=O)N1CCNC(C)C1. The molecule has 1 aromatic carbocycles. The van der Waals surface area contributed by atoms with E-state index in [0.717, 1.165) is 12.1 Å². The summed E-state index contributed by atoms with van der Waals surface area (Å²) < 4.78 is 64.7. The van der Waals surface area contributed by atoms with E-state index < -0.39 is 21.8 Å². The smallest absolute Gasteiger partial charge is 0.312 e. The van der Waals surface area contributed by atoms with Crippen LogP contribution in [0.5, 0.6) is 0 Å². The number of nitrogens with zero attached hydrogens (tertiary/aromatic N) is 1. The fourth-order valence-corrected chi connectivity index (χ4v) is 4.09. The van der Waals surface area contributed by atoms with Gasteiger partial charge in [-0.25, -0.2) is 8.42 Å². The van der Waals surface area contributed by atoms with Gasteiger partial charge in [-0.2, -0.15) is 17.5 Å². The highest BCUT2D eigenvalue weighted by Crippen LogP contribution is 2.32. The number of hydrogen-bond donors (Lipinski definition) is 1. The van der Waals surface area contributed by atoms with E-state index >= 15 is 0 Å². The quantitative estimate of drug-likeness (QED) is 0.906. The van der Waals surface area contributed by atoms with Crippen LogP contribution in [0.3, 0.4) is 0 Å². The number of alkyl halides is 3. The van der Waals surface area contributed by atoms with Crippen LogP contribution in [0.2, 0.25) is 0 Å². The van der Waals surface area contributed by atoms with E-state index in [2.05, 4.69) is 5.32 Å². The van der Waals surface area contributed by atoms with E-state index in [4.69, 9.17) is 0 Å². The lowest BCUT2D eigenvalue weighted by Crippen LogP contribution is -2.51. The zero-order valence-corrected chi connectivity index (χ0v) is 12.6. The molecule has 1 aliphatic heterocycles. The summed E-state index contributed by atoms with van der Waals surface area (Å²) in [5.41, 5.74) is -0.635. The lowest BCUT2D eigenvalue weighted by molar-refractivity contribution is -0.137. The summed E-state index contributed by atoms with van der Waals surface area (Å²) in [5, 5.41) is 3.10. The van der Waals surface area contributed by atoms with Gasteiger partial charge in [0.25, 0.3) is 0 Å². The van der Waals surface area contributed by atoms with Crippen molar-refractivity contribution in [1.82, 2.24) is 9.62 Å². The molecule has 21 heavy (non-hydrogen) atoms.